The number of carbonyl (C=O) groups excluding carboxylic acids is 1. The molecule has 0 radical (unpaired) electrons. The van der Waals surface area contributed by atoms with E-state index in [0.29, 0.717) is 29.8 Å². The molecule has 4 rings (SSSR count). The number of carbonyl (C=O) groups is 1. The first kappa shape index (κ1) is 20.5. The first-order valence-corrected chi connectivity index (χ1v) is 10.4. The van der Waals surface area contributed by atoms with Crippen LogP contribution in [0, 0.1) is 11.8 Å². The van der Waals surface area contributed by atoms with Crippen LogP contribution in [-0.2, 0) is 11.2 Å². The van der Waals surface area contributed by atoms with E-state index in [1.165, 1.54) is 31.2 Å². The van der Waals surface area contributed by atoms with E-state index in [1.54, 1.807) is 7.11 Å². The van der Waals surface area contributed by atoms with Crippen molar-refractivity contribution < 1.29 is 9.53 Å². The van der Waals surface area contributed by atoms with Gasteiger partial charge in [0.25, 0.3) is 0 Å². The molecule has 1 aromatic carbocycles. The Balaban J connectivity index is 0.00000210. The molecule has 3 aliphatic rings. The summed E-state index contributed by atoms with van der Waals surface area (Å²) in [6.45, 7) is 1.85. The van der Waals surface area contributed by atoms with Gasteiger partial charge in [-0.05, 0) is 68.4 Å². The van der Waals surface area contributed by atoms with Crippen molar-refractivity contribution in [1.82, 2.24) is 10.2 Å². The smallest absolute Gasteiger partial charge is 0.222 e. The number of amides is 1. The Hall–Kier alpha value is -1.26. The first-order valence-electron chi connectivity index (χ1n) is 10.4. The highest BCUT2D eigenvalue weighted by Gasteiger charge is 2.35. The zero-order valence-corrected chi connectivity index (χ0v) is 17.2. The largest absolute Gasteiger partial charge is 0.496 e. The highest BCUT2D eigenvalue weighted by Crippen LogP contribution is 2.33. The average Bonchev–Trinajstić information content (AvgIpc) is 3.01. The molecule has 2 atom stereocenters. The predicted octanol–water partition coefficient (Wildman–Crippen LogP) is 3.82. The minimum Gasteiger partial charge on any atom is -0.496 e. The summed E-state index contributed by atoms with van der Waals surface area (Å²) < 4.78 is 5.48. The zero-order chi connectivity index (χ0) is 17.9. The number of para-hydroxylation sites is 1. The number of nitrogens with zero attached hydrogens (tertiary/aromatic N) is 1. The molecule has 3 heterocycles. The quantitative estimate of drug-likeness (QED) is 0.828. The summed E-state index contributed by atoms with van der Waals surface area (Å²) in [4.78, 5) is 14.9. The molecule has 1 N–H and O–H groups in total. The van der Waals surface area contributed by atoms with Crippen LogP contribution in [0.3, 0.4) is 0 Å². The maximum atomic E-state index is 12.8. The second-order valence-corrected chi connectivity index (χ2v) is 8.52. The number of halogens is 1. The van der Waals surface area contributed by atoms with Gasteiger partial charge in [-0.1, -0.05) is 18.2 Å². The van der Waals surface area contributed by atoms with Gasteiger partial charge in [-0.3, -0.25) is 4.79 Å². The summed E-state index contributed by atoms with van der Waals surface area (Å²) in [5.41, 5.74) is 1.30. The maximum absolute atomic E-state index is 12.8. The highest BCUT2D eigenvalue weighted by atomic mass is 35.5. The van der Waals surface area contributed by atoms with Gasteiger partial charge in [-0.2, -0.15) is 0 Å². The number of hydrogen-bond donors (Lipinski definition) is 1. The van der Waals surface area contributed by atoms with Crippen molar-refractivity contribution >= 4 is 18.3 Å². The molecule has 1 aromatic rings. The zero-order valence-electron chi connectivity index (χ0n) is 16.4. The second kappa shape index (κ2) is 9.29. The lowest BCUT2D eigenvalue weighted by atomic mass is 9.87. The van der Waals surface area contributed by atoms with Gasteiger partial charge in [0, 0.05) is 31.6 Å². The Morgan fingerprint density at radius 1 is 1.07 bits per heavy atom. The number of benzene rings is 1. The average molecular weight is 393 g/mol. The van der Waals surface area contributed by atoms with Gasteiger partial charge in [0.1, 0.15) is 5.75 Å². The van der Waals surface area contributed by atoms with Crippen LogP contribution in [0.5, 0.6) is 5.75 Å². The fourth-order valence-electron chi connectivity index (χ4n) is 5.29. The molecular formula is C22H33ClN2O2. The van der Waals surface area contributed by atoms with Crippen LogP contribution < -0.4 is 10.1 Å². The minimum absolute atomic E-state index is 0. The normalized spacial score (nSPS) is 27.9. The monoisotopic (exact) mass is 392 g/mol. The summed E-state index contributed by atoms with van der Waals surface area (Å²) in [5, 5.41) is 3.68. The summed E-state index contributed by atoms with van der Waals surface area (Å²) in [7, 11) is 1.74. The van der Waals surface area contributed by atoms with E-state index in [2.05, 4.69) is 22.3 Å². The number of rotatable bonds is 5. The topological polar surface area (TPSA) is 41.6 Å². The lowest BCUT2D eigenvalue weighted by Crippen LogP contribution is -2.42. The lowest BCUT2D eigenvalue weighted by molar-refractivity contribution is -0.133. The van der Waals surface area contributed by atoms with Crippen LogP contribution in [0.2, 0.25) is 0 Å². The van der Waals surface area contributed by atoms with E-state index in [-0.39, 0.29) is 12.4 Å². The fraction of sp³-hybridized carbons (Fsp3) is 0.682. The Bertz CT molecular complexity index is 618. The third kappa shape index (κ3) is 4.97. The van der Waals surface area contributed by atoms with E-state index in [0.717, 1.165) is 44.5 Å². The molecule has 0 aromatic heterocycles. The SMILES string of the molecule is COc1ccccc1CC1CCN(C(=O)CC2CC3CCC(C2)N3)CC1.Cl. The van der Waals surface area contributed by atoms with Gasteiger partial charge in [0.15, 0.2) is 0 Å². The van der Waals surface area contributed by atoms with Crippen LogP contribution >= 0.6 is 12.4 Å². The Morgan fingerprint density at radius 2 is 1.74 bits per heavy atom. The van der Waals surface area contributed by atoms with Crippen molar-refractivity contribution in [3.05, 3.63) is 29.8 Å². The van der Waals surface area contributed by atoms with Crippen molar-refractivity contribution in [2.45, 2.75) is 63.5 Å². The standard InChI is InChI=1S/C22H32N2O2.ClH/c1-26-21-5-3-2-4-18(21)12-16-8-10-24(11-9-16)22(25)15-17-13-19-6-7-20(14-17)23-19;/h2-5,16-17,19-20,23H,6-15H2,1H3;1H. The van der Waals surface area contributed by atoms with Crippen molar-refractivity contribution in [3.8, 4) is 5.75 Å². The molecule has 3 saturated heterocycles. The van der Waals surface area contributed by atoms with Crippen LogP contribution in [-0.4, -0.2) is 43.1 Å². The summed E-state index contributed by atoms with van der Waals surface area (Å²) in [6, 6.07) is 9.68. The molecule has 27 heavy (non-hydrogen) atoms. The number of piperidine rings is 2. The molecule has 5 heteroatoms. The summed E-state index contributed by atoms with van der Waals surface area (Å²) in [5.74, 6) is 2.65. The number of hydrogen-bond acceptors (Lipinski definition) is 3. The lowest BCUT2D eigenvalue weighted by Gasteiger charge is -2.34. The van der Waals surface area contributed by atoms with Gasteiger partial charge in [-0.15, -0.1) is 12.4 Å². The third-order valence-corrected chi connectivity index (χ3v) is 6.70. The Kier molecular flexibility index (Phi) is 7.04. The molecule has 3 fully saturated rings. The van der Waals surface area contributed by atoms with Gasteiger partial charge in [0.2, 0.25) is 5.91 Å². The number of nitrogens with one attached hydrogen (secondary N) is 1. The van der Waals surface area contributed by atoms with Crippen LogP contribution in [0.1, 0.15) is 50.5 Å². The van der Waals surface area contributed by atoms with Crippen LogP contribution in [0.15, 0.2) is 24.3 Å². The van der Waals surface area contributed by atoms with E-state index >= 15 is 0 Å². The molecule has 0 aliphatic carbocycles. The van der Waals surface area contributed by atoms with Gasteiger partial charge < -0.3 is 15.0 Å². The first-order chi connectivity index (χ1) is 12.7. The van der Waals surface area contributed by atoms with Crippen molar-refractivity contribution in [1.29, 1.82) is 0 Å². The van der Waals surface area contributed by atoms with Crippen molar-refractivity contribution in [2.24, 2.45) is 11.8 Å². The van der Waals surface area contributed by atoms with Gasteiger partial charge >= 0.3 is 0 Å². The molecule has 4 nitrogen and oxygen atoms in total. The fourth-order valence-corrected chi connectivity index (χ4v) is 5.29. The molecule has 0 spiro atoms. The molecule has 0 saturated carbocycles. The molecule has 150 valence electrons. The molecule has 1 amide bonds. The van der Waals surface area contributed by atoms with Crippen LogP contribution in [0.4, 0.5) is 0 Å². The Morgan fingerprint density at radius 3 is 2.41 bits per heavy atom. The number of fused-ring (bicyclic) bond motifs is 2. The van der Waals surface area contributed by atoms with Crippen LogP contribution in [0.25, 0.3) is 0 Å². The van der Waals surface area contributed by atoms with Gasteiger partial charge in [-0.25, -0.2) is 0 Å². The van der Waals surface area contributed by atoms with E-state index in [4.69, 9.17) is 4.74 Å². The van der Waals surface area contributed by atoms with E-state index in [1.807, 2.05) is 12.1 Å². The van der Waals surface area contributed by atoms with E-state index in [9.17, 15) is 4.79 Å². The number of ether oxygens (including phenoxy) is 1. The molecule has 2 unspecified atom stereocenters. The minimum atomic E-state index is 0. The summed E-state index contributed by atoms with van der Waals surface area (Å²) in [6.07, 6.45) is 9.07. The maximum Gasteiger partial charge on any atom is 0.222 e. The van der Waals surface area contributed by atoms with Crippen molar-refractivity contribution in [2.75, 3.05) is 20.2 Å². The molecule has 2 bridgehead atoms. The molecular weight excluding hydrogens is 360 g/mol. The highest BCUT2D eigenvalue weighted by molar-refractivity contribution is 5.85. The second-order valence-electron chi connectivity index (χ2n) is 8.52. The number of likely N-dealkylation sites (tertiary alicyclic amines) is 1. The Labute approximate surface area is 169 Å². The number of methoxy groups -OCH3 is 1. The van der Waals surface area contributed by atoms with Crippen molar-refractivity contribution in [3.63, 3.8) is 0 Å². The third-order valence-electron chi connectivity index (χ3n) is 6.70. The molecule has 3 aliphatic heterocycles. The predicted molar refractivity (Wildman–Crippen MR) is 111 cm³/mol. The summed E-state index contributed by atoms with van der Waals surface area (Å²) >= 11 is 0. The van der Waals surface area contributed by atoms with E-state index < -0.39 is 0 Å². The van der Waals surface area contributed by atoms with Gasteiger partial charge in [0.05, 0.1) is 7.11 Å².